The van der Waals surface area contributed by atoms with Gasteiger partial charge in [-0.15, -0.1) is 11.3 Å². The van der Waals surface area contributed by atoms with Gasteiger partial charge < -0.3 is 20.5 Å². The Balaban J connectivity index is 1.55. The van der Waals surface area contributed by atoms with E-state index in [2.05, 4.69) is 70.1 Å². The highest BCUT2D eigenvalue weighted by molar-refractivity contribution is 7.13. The average Bonchev–Trinajstić information content (AvgIpc) is 3.31. The maximum absolute atomic E-state index is 4.79. The Hall–Kier alpha value is -2.90. The molecule has 6 nitrogen and oxygen atoms in total. The minimum atomic E-state index is 0.587. The van der Waals surface area contributed by atoms with E-state index in [4.69, 9.17) is 4.98 Å². The average molecular weight is 393 g/mol. The summed E-state index contributed by atoms with van der Waals surface area (Å²) in [5.41, 5.74) is 5.09. The molecular weight excluding hydrogens is 368 g/mol. The number of aromatic nitrogens is 3. The first-order valence-corrected chi connectivity index (χ1v) is 10.1. The van der Waals surface area contributed by atoms with E-state index < -0.39 is 0 Å². The molecule has 0 saturated carbocycles. The SMILES string of the molecule is Cc1csc(-c2nc(Nc3ccc(NCCN(C)C)cc3)nc3[nH]ccc23)c1. The lowest BCUT2D eigenvalue weighted by Gasteiger charge is -2.12. The second-order valence-corrected chi connectivity index (χ2v) is 7.97. The Morgan fingerprint density at radius 3 is 2.57 bits per heavy atom. The zero-order chi connectivity index (χ0) is 19.5. The fraction of sp³-hybridized carbons (Fsp3) is 0.238. The number of nitrogens with zero attached hydrogens (tertiary/aromatic N) is 3. The zero-order valence-electron chi connectivity index (χ0n) is 16.3. The van der Waals surface area contributed by atoms with Gasteiger partial charge in [-0.2, -0.15) is 4.98 Å². The van der Waals surface area contributed by atoms with E-state index in [1.165, 1.54) is 5.56 Å². The van der Waals surface area contributed by atoms with Crippen LogP contribution < -0.4 is 10.6 Å². The van der Waals surface area contributed by atoms with Crippen LogP contribution in [0.3, 0.4) is 0 Å². The van der Waals surface area contributed by atoms with Crippen LogP contribution in [-0.2, 0) is 0 Å². The molecule has 0 atom stereocenters. The number of hydrogen-bond acceptors (Lipinski definition) is 6. The van der Waals surface area contributed by atoms with Gasteiger partial charge in [-0.1, -0.05) is 0 Å². The summed E-state index contributed by atoms with van der Waals surface area (Å²) in [6.45, 7) is 4.01. The van der Waals surface area contributed by atoms with Gasteiger partial charge in [0.1, 0.15) is 5.65 Å². The van der Waals surface area contributed by atoms with Crippen LogP contribution in [0.15, 0.2) is 48.0 Å². The van der Waals surface area contributed by atoms with E-state index in [1.54, 1.807) is 11.3 Å². The molecule has 0 fully saturated rings. The molecule has 0 aliphatic heterocycles. The van der Waals surface area contributed by atoms with E-state index in [1.807, 2.05) is 24.4 Å². The largest absolute Gasteiger partial charge is 0.384 e. The number of benzene rings is 1. The van der Waals surface area contributed by atoms with Gasteiger partial charge in [0, 0.05) is 36.0 Å². The first kappa shape index (κ1) is 18.5. The number of anilines is 3. The minimum Gasteiger partial charge on any atom is -0.384 e. The van der Waals surface area contributed by atoms with Crippen molar-refractivity contribution in [3.8, 4) is 10.6 Å². The number of fused-ring (bicyclic) bond motifs is 1. The smallest absolute Gasteiger partial charge is 0.229 e. The maximum Gasteiger partial charge on any atom is 0.229 e. The summed E-state index contributed by atoms with van der Waals surface area (Å²) in [5.74, 6) is 0.587. The Kier molecular flexibility index (Phi) is 5.27. The molecule has 0 spiro atoms. The summed E-state index contributed by atoms with van der Waals surface area (Å²) in [5, 5.41) is 9.93. The lowest BCUT2D eigenvalue weighted by Crippen LogP contribution is -2.20. The van der Waals surface area contributed by atoms with Crippen molar-refractivity contribution >= 4 is 39.7 Å². The van der Waals surface area contributed by atoms with Crippen LogP contribution in [0, 0.1) is 6.92 Å². The van der Waals surface area contributed by atoms with Crippen molar-refractivity contribution in [1.29, 1.82) is 0 Å². The van der Waals surface area contributed by atoms with Gasteiger partial charge in [0.15, 0.2) is 0 Å². The topological polar surface area (TPSA) is 68.9 Å². The molecule has 3 aromatic heterocycles. The van der Waals surface area contributed by atoms with Crippen molar-refractivity contribution < 1.29 is 0 Å². The molecular formula is C21H24N6S. The number of hydrogen-bond donors (Lipinski definition) is 3. The number of nitrogens with one attached hydrogen (secondary N) is 3. The zero-order valence-corrected chi connectivity index (χ0v) is 17.1. The third kappa shape index (κ3) is 4.16. The van der Waals surface area contributed by atoms with Crippen LogP contribution in [0.2, 0.25) is 0 Å². The molecule has 0 bridgehead atoms. The molecule has 0 saturated heterocycles. The predicted molar refractivity (Wildman–Crippen MR) is 119 cm³/mol. The fourth-order valence-electron chi connectivity index (χ4n) is 2.96. The summed E-state index contributed by atoms with van der Waals surface area (Å²) in [6.07, 6.45) is 1.90. The van der Waals surface area contributed by atoms with E-state index in [0.29, 0.717) is 5.95 Å². The number of likely N-dealkylation sites (N-methyl/N-ethyl adjacent to an activating group) is 1. The molecule has 0 aliphatic rings. The van der Waals surface area contributed by atoms with Crippen molar-refractivity contribution in [2.45, 2.75) is 6.92 Å². The molecule has 0 radical (unpaired) electrons. The highest BCUT2D eigenvalue weighted by Crippen LogP contribution is 2.32. The fourth-order valence-corrected chi connectivity index (χ4v) is 3.87. The number of thiophene rings is 1. The normalized spacial score (nSPS) is 11.3. The van der Waals surface area contributed by atoms with Crippen LogP contribution in [0.5, 0.6) is 0 Å². The van der Waals surface area contributed by atoms with Crippen LogP contribution in [0.1, 0.15) is 5.56 Å². The van der Waals surface area contributed by atoms with Gasteiger partial charge in [0.25, 0.3) is 0 Å². The molecule has 28 heavy (non-hydrogen) atoms. The summed E-state index contributed by atoms with van der Waals surface area (Å²) in [6, 6.07) is 12.4. The highest BCUT2D eigenvalue weighted by Gasteiger charge is 2.12. The van der Waals surface area contributed by atoms with Gasteiger partial charge in [-0.25, -0.2) is 4.98 Å². The first-order valence-electron chi connectivity index (χ1n) is 9.25. The van der Waals surface area contributed by atoms with Crippen molar-refractivity contribution in [3.63, 3.8) is 0 Å². The molecule has 0 amide bonds. The number of H-pyrrole nitrogens is 1. The van der Waals surface area contributed by atoms with Crippen molar-refractivity contribution in [1.82, 2.24) is 19.9 Å². The lowest BCUT2D eigenvalue weighted by atomic mass is 10.2. The predicted octanol–water partition coefficient (Wildman–Crippen LogP) is 4.71. The molecule has 3 heterocycles. The van der Waals surface area contributed by atoms with Crippen LogP contribution in [0.4, 0.5) is 17.3 Å². The van der Waals surface area contributed by atoms with Crippen LogP contribution >= 0.6 is 11.3 Å². The van der Waals surface area contributed by atoms with E-state index in [9.17, 15) is 0 Å². The first-order chi connectivity index (χ1) is 13.6. The summed E-state index contributed by atoms with van der Waals surface area (Å²) in [4.78, 5) is 15.9. The molecule has 0 unspecified atom stereocenters. The van der Waals surface area contributed by atoms with Gasteiger partial charge >= 0.3 is 0 Å². The molecule has 1 aromatic carbocycles. The third-order valence-electron chi connectivity index (χ3n) is 4.41. The molecule has 4 aromatic rings. The lowest BCUT2D eigenvalue weighted by molar-refractivity contribution is 0.425. The number of aromatic amines is 1. The van der Waals surface area contributed by atoms with E-state index in [0.717, 1.165) is 46.1 Å². The number of aryl methyl sites for hydroxylation is 1. The summed E-state index contributed by atoms with van der Waals surface area (Å²) < 4.78 is 0. The second-order valence-electron chi connectivity index (χ2n) is 7.06. The van der Waals surface area contributed by atoms with Crippen LogP contribution in [-0.4, -0.2) is 47.0 Å². The standard InChI is InChI=1S/C21H24N6S/c1-14-12-18(28-13-14)19-17-8-9-23-20(17)26-21(25-19)24-16-6-4-15(5-7-16)22-10-11-27(2)3/h4-9,12-13,22H,10-11H2,1-3H3,(H2,23,24,25,26). The van der Waals surface area contributed by atoms with Crippen molar-refractivity contribution in [2.75, 3.05) is 37.8 Å². The van der Waals surface area contributed by atoms with Crippen molar-refractivity contribution in [3.05, 3.63) is 53.5 Å². The second kappa shape index (κ2) is 8.00. The molecule has 3 N–H and O–H groups in total. The Bertz CT molecular complexity index is 1060. The van der Waals surface area contributed by atoms with E-state index in [-0.39, 0.29) is 0 Å². The van der Waals surface area contributed by atoms with Gasteiger partial charge in [0.2, 0.25) is 5.95 Å². The minimum absolute atomic E-state index is 0.587. The Labute approximate surface area is 168 Å². The Morgan fingerprint density at radius 1 is 1.07 bits per heavy atom. The summed E-state index contributed by atoms with van der Waals surface area (Å²) in [7, 11) is 4.14. The monoisotopic (exact) mass is 392 g/mol. The molecule has 144 valence electrons. The third-order valence-corrected chi connectivity index (χ3v) is 5.46. The quantitative estimate of drug-likeness (QED) is 0.425. The molecule has 7 heteroatoms. The summed E-state index contributed by atoms with van der Waals surface area (Å²) >= 11 is 1.70. The Morgan fingerprint density at radius 2 is 1.86 bits per heavy atom. The molecule has 4 rings (SSSR count). The van der Waals surface area contributed by atoms with Gasteiger partial charge in [0.05, 0.1) is 10.6 Å². The van der Waals surface area contributed by atoms with Gasteiger partial charge in [-0.3, -0.25) is 0 Å². The molecule has 0 aliphatic carbocycles. The number of rotatable bonds is 7. The van der Waals surface area contributed by atoms with Gasteiger partial charge in [-0.05, 0) is 68.4 Å². The van der Waals surface area contributed by atoms with E-state index >= 15 is 0 Å². The van der Waals surface area contributed by atoms with Crippen LogP contribution in [0.25, 0.3) is 21.6 Å². The maximum atomic E-state index is 4.79. The van der Waals surface area contributed by atoms with Crippen molar-refractivity contribution in [2.24, 2.45) is 0 Å². The highest BCUT2D eigenvalue weighted by atomic mass is 32.1.